The van der Waals surface area contributed by atoms with Crippen molar-refractivity contribution in [3.8, 4) is 5.88 Å². The van der Waals surface area contributed by atoms with Gasteiger partial charge in [0.15, 0.2) is 5.82 Å². The lowest BCUT2D eigenvalue weighted by atomic mass is 10.2. The monoisotopic (exact) mass is 257 g/mol. The van der Waals surface area contributed by atoms with E-state index >= 15 is 0 Å². The molecule has 0 aliphatic carbocycles. The molecule has 1 rings (SSSR count). The standard InChI is InChI=1S/C8H4ClF4NO2/c1-3-2-4(10)7(16-8(11,12)13)14-5(3)6(9)15/h2H,1H3. The highest BCUT2D eigenvalue weighted by atomic mass is 35.5. The number of halogens is 5. The molecule has 0 unspecified atom stereocenters. The van der Waals surface area contributed by atoms with E-state index in [9.17, 15) is 22.4 Å². The van der Waals surface area contributed by atoms with E-state index in [1.165, 1.54) is 6.92 Å². The van der Waals surface area contributed by atoms with Gasteiger partial charge in [0, 0.05) is 0 Å². The molecule has 0 N–H and O–H groups in total. The van der Waals surface area contributed by atoms with Crippen LogP contribution in [0.3, 0.4) is 0 Å². The molecule has 0 spiro atoms. The van der Waals surface area contributed by atoms with Gasteiger partial charge in [-0.25, -0.2) is 9.37 Å². The Morgan fingerprint density at radius 3 is 2.50 bits per heavy atom. The molecule has 3 nitrogen and oxygen atoms in total. The molecule has 88 valence electrons. The molecule has 0 aromatic carbocycles. The van der Waals surface area contributed by atoms with Crippen LogP contribution in [0, 0.1) is 12.7 Å². The van der Waals surface area contributed by atoms with E-state index < -0.39 is 29.0 Å². The number of carbonyl (C=O) groups excluding carboxylic acids is 1. The van der Waals surface area contributed by atoms with Crippen molar-refractivity contribution in [3.63, 3.8) is 0 Å². The molecule has 1 aromatic rings. The van der Waals surface area contributed by atoms with E-state index in [0.717, 1.165) is 0 Å². The van der Waals surface area contributed by atoms with Crippen LogP contribution in [0.2, 0.25) is 0 Å². The maximum absolute atomic E-state index is 13.0. The highest BCUT2D eigenvalue weighted by Crippen LogP contribution is 2.25. The van der Waals surface area contributed by atoms with E-state index in [-0.39, 0.29) is 5.56 Å². The largest absolute Gasteiger partial charge is 0.574 e. The smallest absolute Gasteiger partial charge is 0.385 e. The Bertz CT molecular complexity index is 433. The maximum Gasteiger partial charge on any atom is 0.574 e. The van der Waals surface area contributed by atoms with Gasteiger partial charge < -0.3 is 4.74 Å². The van der Waals surface area contributed by atoms with E-state index in [0.29, 0.717) is 6.07 Å². The molecular formula is C8H4ClF4NO2. The minimum Gasteiger partial charge on any atom is -0.385 e. The number of alkyl halides is 3. The number of aromatic nitrogens is 1. The average Bonchev–Trinajstić information content (AvgIpc) is 2.07. The minimum absolute atomic E-state index is 0.0204. The second-order valence-corrected chi connectivity index (χ2v) is 3.11. The van der Waals surface area contributed by atoms with Crippen molar-refractivity contribution in [3.05, 3.63) is 23.1 Å². The predicted molar refractivity (Wildman–Crippen MR) is 45.8 cm³/mol. The zero-order valence-electron chi connectivity index (χ0n) is 7.73. The molecule has 0 fully saturated rings. The molecule has 0 aliphatic heterocycles. The third-order valence-corrected chi connectivity index (χ3v) is 1.71. The summed E-state index contributed by atoms with van der Waals surface area (Å²) in [6, 6.07) is 0.684. The van der Waals surface area contributed by atoms with Gasteiger partial charge in [-0.2, -0.15) is 0 Å². The molecule has 0 amide bonds. The molecule has 0 bridgehead atoms. The number of hydrogen-bond donors (Lipinski definition) is 0. The van der Waals surface area contributed by atoms with Gasteiger partial charge >= 0.3 is 6.36 Å². The summed E-state index contributed by atoms with van der Waals surface area (Å²) in [5, 5.41) is -1.09. The second kappa shape index (κ2) is 4.25. The first-order valence-corrected chi connectivity index (χ1v) is 4.21. The zero-order valence-corrected chi connectivity index (χ0v) is 8.49. The molecule has 0 aliphatic rings. The first-order valence-electron chi connectivity index (χ1n) is 3.83. The lowest BCUT2D eigenvalue weighted by molar-refractivity contribution is -0.277. The van der Waals surface area contributed by atoms with E-state index in [2.05, 4.69) is 9.72 Å². The van der Waals surface area contributed by atoms with Crippen molar-refractivity contribution in [2.75, 3.05) is 0 Å². The van der Waals surface area contributed by atoms with E-state index in [1.807, 2.05) is 0 Å². The number of carbonyl (C=O) groups is 1. The first kappa shape index (κ1) is 12.7. The van der Waals surface area contributed by atoms with Crippen LogP contribution in [0.1, 0.15) is 16.1 Å². The second-order valence-electron chi connectivity index (χ2n) is 2.76. The van der Waals surface area contributed by atoms with Crippen molar-refractivity contribution in [1.82, 2.24) is 4.98 Å². The van der Waals surface area contributed by atoms with E-state index in [4.69, 9.17) is 11.6 Å². The Morgan fingerprint density at radius 2 is 2.06 bits per heavy atom. The highest BCUT2D eigenvalue weighted by molar-refractivity contribution is 6.67. The number of nitrogens with zero attached hydrogens (tertiary/aromatic N) is 1. The Labute approximate surface area is 92.0 Å². The quantitative estimate of drug-likeness (QED) is 0.604. The number of rotatable bonds is 2. The minimum atomic E-state index is -5.09. The summed E-state index contributed by atoms with van der Waals surface area (Å²) in [4.78, 5) is 13.8. The van der Waals surface area contributed by atoms with Crippen molar-refractivity contribution in [2.24, 2.45) is 0 Å². The van der Waals surface area contributed by atoms with Gasteiger partial charge in [0.2, 0.25) is 0 Å². The molecule has 1 heterocycles. The zero-order chi connectivity index (χ0) is 12.5. The van der Waals surface area contributed by atoms with Gasteiger partial charge in [0.25, 0.3) is 11.1 Å². The van der Waals surface area contributed by atoms with Gasteiger partial charge in [-0.1, -0.05) is 0 Å². The average molecular weight is 258 g/mol. The van der Waals surface area contributed by atoms with Crippen LogP contribution in [0.4, 0.5) is 17.6 Å². The molecule has 16 heavy (non-hydrogen) atoms. The maximum atomic E-state index is 13.0. The number of pyridine rings is 1. The Morgan fingerprint density at radius 1 is 1.50 bits per heavy atom. The Kier molecular flexibility index (Phi) is 3.37. The summed E-state index contributed by atoms with van der Waals surface area (Å²) in [6.07, 6.45) is -5.09. The van der Waals surface area contributed by atoms with Gasteiger partial charge in [0.05, 0.1) is 0 Å². The third kappa shape index (κ3) is 3.06. The number of aryl methyl sites for hydroxylation is 1. The summed E-state index contributed by atoms with van der Waals surface area (Å²) in [6.45, 7) is 1.28. The van der Waals surface area contributed by atoms with Crippen LogP contribution < -0.4 is 4.74 Å². The van der Waals surface area contributed by atoms with Gasteiger partial charge in [-0.3, -0.25) is 4.79 Å². The normalized spacial score (nSPS) is 11.4. The first-order chi connectivity index (χ1) is 7.20. The van der Waals surface area contributed by atoms with Crippen LogP contribution in [0.15, 0.2) is 6.07 Å². The van der Waals surface area contributed by atoms with Gasteiger partial charge in [0.1, 0.15) is 5.69 Å². The fourth-order valence-electron chi connectivity index (χ4n) is 0.943. The van der Waals surface area contributed by atoms with Crippen molar-refractivity contribution >= 4 is 16.8 Å². The fourth-order valence-corrected chi connectivity index (χ4v) is 1.13. The molecular weight excluding hydrogens is 254 g/mol. The van der Waals surface area contributed by atoms with Crippen LogP contribution >= 0.6 is 11.6 Å². The summed E-state index contributed by atoms with van der Waals surface area (Å²) in [5.41, 5.74) is -0.464. The predicted octanol–water partition coefficient (Wildman–Crippen LogP) is 2.81. The van der Waals surface area contributed by atoms with Crippen LogP contribution in [0.25, 0.3) is 0 Å². The summed E-state index contributed by atoms with van der Waals surface area (Å²) in [7, 11) is 0. The molecule has 0 atom stereocenters. The van der Waals surface area contributed by atoms with Crippen LogP contribution in [0.5, 0.6) is 5.88 Å². The summed E-state index contributed by atoms with van der Waals surface area (Å²) >= 11 is 5.04. The van der Waals surface area contributed by atoms with Crippen molar-refractivity contribution < 1.29 is 27.1 Å². The Balaban J connectivity index is 3.20. The van der Waals surface area contributed by atoms with Crippen LogP contribution in [-0.2, 0) is 0 Å². The molecule has 8 heteroatoms. The van der Waals surface area contributed by atoms with Crippen molar-refractivity contribution in [1.29, 1.82) is 0 Å². The summed E-state index contributed by atoms with van der Waals surface area (Å²) < 4.78 is 51.7. The fraction of sp³-hybridized carbons (Fsp3) is 0.250. The molecule has 0 radical (unpaired) electrons. The number of ether oxygens (including phenoxy) is 1. The lowest BCUT2D eigenvalue weighted by Gasteiger charge is -2.10. The molecule has 0 saturated carbocycles. The Hall–Kier alpha value is -1.37. The number of hydrogen-bond acceptors (Lipinski definition) is 3. The lowest BCUT2D eigenvalue weighted by Crippen LogP contribution is -2.19. The van der Waals surface area contributed by atoms with Gasteiger partial charge in [-0.15, -0.1) is 13.2 Å². The third-order valence-electron chi connectivity index (χ3n) is 1.53. The molecule has 0 saturated heterocycles. The SMILES string of the molecule is Cc1cc(F)c(OC(F)(F)F)nc1C(=O)Cl. The topological polar surface area (TPSA) is 39.2 Å². The summed E-state index contributed by atoms with van der Waals surface area (Å²) in [5.74, 6) is -2.65. The highest BCUT2D eigenvalue weighted by Gasteiger charge is 2.33. The van der Waals surface area contributed by atoms with Crippen LogP contribution in [-0.4, -0.2) is 16.6 Å². The molecule has 1 aromatic heterocycles. The van der Waals surface area contributed by atoms with Crippen molar-refractivity contribution in [2.45, 2.75) is 13.3 Å². The van der Waals surface area contributed by atoms with Gasteiger partial charge in [-0.05, 0) is 30.2 Å². The van der Waals surface area contributed by atoms with E-state index in [1.54, 1.807) is 0 Å².